The van der Waals surface area contributed by atoms with E-state index in [1.54, 1.807) is 0 Å². The third kappa shape index (κ3) is 4.40. The Balaban J connectivity index is 1.99. The Bertz CT molecular complexity index is 867. The van der Waals surface area contributed by atoms with E-state index < -0.39 is 0 Å². The fraction of sp³-hybridized carbons (Fsp3) is 0.524. The summed E-state index contributed by atoms with van der Waals surface area (Å²) in [6.45, 7) is 9.37. The van der Waals surface area contributed by atoms with Crippen LogP contribution in [0.1, 0.15) is 70.8 Å². The molecule has 2 N–H and O–H groups in total. The van der Waals surface area contributed by atoms with Crippen molar-refractivity contribution in [3.05, 3.63) is 42.0 Å². The molecule has 0 saturated carbocycles. The minimum atomic E-state index is 0.342. The van der Waals surface area contributed by atoms with Gasteiger partial charge in [-0.2, -0.15) is 4.52 Å². The summed E-state index contributed by atoms with van der Waals surface area (Å²) >= 11 is 0. The highest BCUT2D eigenvalue weighted by molar-refractivity contribution is 5.70. The molecule has 0 aliphatic carbocycles. The van der Waals surface area contributed by atoms with Gasteiger partial charge in [-0.05, 0) is 37.8 Å². The van der Waals surface area contributed by atoms with Crippen LogP contribution in [0.15, 0.2) is 30.5 Å². The van der Waals surface area contributed by atoms with Gasteiger partial charge in [0, 0.05) is 24.2 Å². The molecule has 7 nitrogen and oxygen atoms in total. The zero-order valence-corrected chi connectivity index (χ0v) is 17.3. The molecule has 0 bridgehead atoms. The second kappa shape index (κ2) is 9.48. The molecule has 28 heavy (non-hydrogen) atoms. The van der Waals surface area contributed by atoms with Crippen LogP contribution in [-0.4, -0.2) is 30.8 Å². The van der Waals surface area contributed by atoms with E-state index in [1.165, 1.54) is 0 Å². The Labute approximate surface area is 167 Å². The van der Waals surface area contributed by atoms with Crippen LogP contribution in [0.5, 0.6) is 0 Å². The first-order chi connectivity index (χ1) is 13.7. The third-order valence-electron chi connectivity index (χ3n) is 5.27. The van der Waals surface area contributed by atoms with Gasteiger partial charge in [0.1, 0.15) is 5.82 Å². The van der Waals surface area contributed by atoms with Gasteiger partial charge in [0.25, 0.3) is 0 Å². The van der Waals surface area contributed by atoms with Crippen molar-refractivity contribution < 1.29 is 0 Å². The predicted octanol–water partition coefficient (Wildman–Crippen LogP) is 4.64. The van der Waals surface area contributed by atoms with Gasteiger partial charge in [-0.1, -0.05) is 33.8 Å². The minimum absolute atomic E-state index is 0.342. The van der Waals surface area contributed by atoms with Crippen molar-refractivity contribution in [2.24, 2.45) is 0 Å². The van der Waals surface area contributed by atoms with Crippen molar-refractivity contribution in [3.8, 4) is 0 Å². The largest absolute Gasteiger partial charge is 0.376 e. The number of hydrogen-bond acceptors (Lipinski definition) is 6. The molecule has 0 saturated heterocycles. The SMILES string of the molecule is CCC(CC)Nc1cc(NCc2ccccn2)c2nnc(C(CC)CC)n2n1. The number of hydrogen-bond donors (Lipinski definition) is 2. The van der Waals surface area contributed by atoms with Crippen LogP contribution >= 0.6 is 0 Å². The quantitative estimate of drug-likeness (QED) is 0.533. The summed E-state index contributed by atoms with van der Waals surface area (Å²) in [5.41, 5.74) is 2.65. The summed E-state index contributed by atoms with van der Waals surface area (Å²) in [5, 5.41) is 20.8. The van der Waals surface area contributed by atoms with Crippen molar-refractivity contribution in [1.29, 1.82) is 0 Å². The Hall–Kier alpha value is -2.70. The first-order valence-corrected chi connectivity index (χ1v) is 10.4. The van der Waals surface area contributed by atoms with Gasteiger partial charge in [-0.25, -0.2) is 0 Å². The minimum Gasteiger partial charge on any atom is -0.376 e. The van der Waals surface area contributed by atoms with Gasteiger partial charge in [0.15, 0.2) is 5.82 Å². The lowest BCUT2D eigenvalue weighted by Gasteiger charge is -2.17. The highest BCUT2D eigenvalue weighted by Gasteiger charge is 2.19. The van der Waals surface area contributed by atoms with Crippen LogP contribution in [0.25, 0.3) is 5.65 Å². The monoisotopic (exact) mass is 381 g/mol. The first-order valence-electron chi connectivity index (χ1n) is 10.4. The predicted molar refractivity (Wildman–Crippen MR) is 114 cm³/mol. The second-order valence-corrected chi connectivity index (χ2v) is 7.08. The van der Waals surface area contributed by atoms with Gasteiger partial charge >= 0.3 is 0 Å². The molecule has 0 aliphatic heterocycles. The van der Waals surface area contributed by atoms with E-state index in [1.807, 2.05) is 35.0 Å². The molecule has 0 radical (unpaired) electrons. The van der Waals surface area contributed by atoms with Crippen molar-refractivity contribution in [1.82, 2.24) is 24.8 Å². The number of anilines is 2. The molecule has 0 fully saturated rings. The fourth-order valence-electron chi connectivity index (χ4n) is 3.40. The van der Waals surface area contributed by atoms with E-state index in [-0.39, 0.29) is 0 Å². The maximum Gasteiger partial charge on any atom is 0.201 e. The molecule has 150 valence electrons. The normalized spacial score (nSPS) is 11.5. The van der Waals surface area contributed by atoms with Gasteiger partial charge in [0.05, 0.1) is 17.9 Å². The van der Waals surface area contributed by atoms with E-state index in [0.717, 1.165) is 54.4 Å². The Morgan fingerprint density at radius 1 is 1.00 bits per heavy atom. The summed E-state index contributed by atoms with van der Waals surface area (Å²) in [7, 11) is 0. The summed E-state index contributed by atoms with van der Waals surface area (Å²) < 4.78 is 1.91. The molecule has 0 unspecified atom stereocenters. The van der Waals surface area contributed by atoms with E-state index >= 15 is 0 Å². The molecule has 0 spiro atoms. The fourth-order valence-corrected chi connectivity index (χ4v) is 3.40. The number of pyridine rings is 1. The van der Waals surface area contributed by atoms with E-state index in [2.05, 4.69) is 53.5 Å². The molecule has 7 heteroatoms. The first kappa shape index (κ1) is 20.0. The van der Waals surface area contributed by atoms with E-state index in [4.69, 9.17) is 5.10 Å². The van der Waals surface area contributed by atoms with Crippen LogP contribution in [-0.2, 0) is 6.54 Å². The summed E-state index contributed by atoms with van der Waals surface area (Å²) in [5.74, 6) is 2.11. The Morgan fingerprint density at radius 2 is 1.79 bits per heavy atom. The highest BCUT2D eigenvalue weighted by atomic mass is 15.4. The van der Waals surface area contributed by atoms with Crippen molar-refractivity contribution in [3.63, 3.8) is 0 Å². The third-order valence-corrected chi connectivity index (χ3v) is 5.27. The van der Waals surface area contributed by atoms with Crippen molar-refractivity contribution in [2.45, 2.75) is 71.9 Å². The molecule has 0 amide bonds. The molecule has 3 rings (SSSR count). The zero-order chi connectivity index (χ0) is 19.9. The maximum absolute atomic E-state index is 4.83. The average Bonchev–Trinajstić information content (AvgIpc) is 3.16. The summed E-state index contributed by atoms with van der Waals surface area (Å²) in [6.07, 6.45) is 5.93. The number of nitrogens with one attached hydrogen (secondary N) is 2. The van der Waals surface area contributed by atoms with Gasteiger partial charge in [0.2, 0.25) is 5.65 Å². The molecule has 0 aliphatic rings. The van der Waals surface area contributed by atoms with Crippen molar-refractivity contribution in [2.75, 3.05) is 10.6 Å². The zero-order valence-electron chi connectivity index (χ0n) is 17.3. The molecule has 3 aromatic rings. The van der Waals surface area contributed by atoms with E-state index in [0.29, 0.717) is 18.5 Å². The van der Waals surface area contributed by atoms with Crippen LogP contribution in [0.3, 0.4) is 0 Å². The Morgan fingerprint density at radius 3 is 2.43 bits per heavy atom. The molecular formula is C21H31N7. The number of rotatable bonds is 10. The van der Waals surface area contributed by atoms with Crippen molar-refractivity contribution >= 4 is 17.2 Å². The maximum atomic E-state index is 4.83. The lowest BCUT2D eigenvalue weighted by atomic mass is 10.0. The number of fused-ring (bicyclic) bond motifs is 1. The van der Waals surface area contributed by atoms with Crippen LogP contribution in [0.2, 0.25) is 0 Å². The molecular weight excluding hydrogens is 350 g/mol. The Kier molecular flexibility index (Phi) is 6.79. The lowest BCUT2D eigenvalue weighted by molar-refractivity contribution is 0.581. The number of nitrogens with zero attached hydrogens (tertiary/aromatic N) is 5. The van der Waals surface area contributed by atoms with Gasteiger partial charge in [-0.3, -0.25) is 4.98 Å². The highest BCUT2D eigenvalue weighted by Crippen LogP contribution is 2.26. The van der Waals surface area contributed by atoms with Gasteiger partial charge < -0.3 is 10.6 Å². The van der Waals surface area contributed by atoms with E-state index in [9.17, 15) is 0 Å². The average molecular weight is 382 g/mol. The van der Waals surface area contributed by atoms with Crippen LogP contribution < -0.4 is 10.6 Å². The second-order valence-electron chi connectivity index (χ2n) is 7.08. The molecule has 3 aromatic heterocycles. The topological polar surface area (TPSA) is 80.0 Å². The molecule has 3 heterocycles. The van der Waals surface area contributed by atoms with Gasteiger partial charge in [-0.15, -0.1) is 15.3 Å². The number of aromatic nitrogens is 5. The smallest absolute Gasteiger partial charge is 0.201 e. The van der Waals surface area contributed by atoms with Crippen LogP contribution in [0.4, 0.5) is 11.5 Å². The molecule has 0 atom stereocenters. The standard InChI is InChI=1S/C21H31N7/c1-5-15(6-2)20-25-26-21-18(23-14-17-11-9-10-12-22-17)13-19(27-28(20)21)24-16(7-3)8-4/h9-13,15-16,23H,5-8,14H2,1-4H3,(H,24,27). The summed E-state index contributed by atoms with van der Waals surface area (Å²) in [6, 6.07) is 8.35. The lowest BCUT2D eigenvalue weighted by Crippen LogP contribution is -2.19. The van der Waals surface area contributed by atoms with Crippen LogP contribution in [0, 0.1) is 0 Å². The summed E-state index contributed by atoms with van der Waals surface area (Å²) in [4.78, 5) is 4.39. The molecule has 0 aromatic carbocycles.